The normalized spacial score (nSPS) is 18.4. The number of amides is 2. The van der Waals surface area contributed by atoms with Crippen LogP contribution >= 0.6 is 0 Å². The van der Waals surface area contributed by atoms with Crippen molar-refractivity contribution >= 4 is 29.2 Å². The number of hydrogen-bond donors (Lipinski definition) is 1. The zero-order valence-electron chi connectivity index (χ0n) is 17.7. The van der Waals surface area contributed by atoms with E-state index in [0.29, 0.717) is 28.5 Å². The van der Waals surface area contributed by atoms with E-state index >= 15 is 0 Å². The fraction of sp³-hybridized carbons (Fsp3) is 0.160. The Labute approximate surface area is 185 Å². The molecule has 0 unspecified atom stereocenters. The minimum Gasteiger partial charge on any atom is -0.307 e. The van der Waals surface area contributed by atoms with Gasteiger partial charge < -0.3 is 5.32 Å². The summed E-state index contributed by atoms with van der Waals surface area (Å²) in [6.45, 7) is 3.08. The molecule has 0 saturated heterocycles. The van der Waals surface area contributed by atoms with Crippen LogP contribution in [-0.4, -0.2) is 27.6 Å². The van der Waals surface area contributed by atoms with Crippen LogP contribution in [0.3, 0.4) is 0 Å². The number of aromatic nitrogens is 2. The summed E-state index contributed by atoms with van der Waals surface area (Å²) in [6, 6.07) is 19.5. The molecule has 7 heteroatoms. The Morgan fingerprint density at radius 1 is 0.906 bits per heavy atom. The van der Waals surface area contributed by atoms with Crippen LogP contribution in [0.15, 0.2) is 90.4 Å². The molecular formula is C25H22N4O3. The molecule has 0 saturated carbocycles. The first-order chi connectivity index (χ1) is 15.5. The second kappa shape index (κ2) is 8.93. The summed E-state index contributed by atoms with van der Waals surface area (Å²) in [6.07, 6.45) is 3.14. The van der Waals surface area contributed by atoms with E-state index in [2.05, 4.69) is 15.3 Å². The molecule has 1 aromatic carbocycles. The molecule has 1 aliphatic rings. The van der Waals surface area contributed by atoms with Crippen LogP contribution in [0.25, 0.3) is 0 Å². The number of anilines is 2. The largest absolute Gasteiger partial charge is 0.307 e. The molecule has 3 heterocycles. The average Bonchev–Trinajstić information content (AvgIpc) is 2.80. The van der Waals surface area contributed by atoms with E-state index in [4.69, 9.17) is 0 Å². The highest BCUT2D eigenvalue weighted by molar-refractivity contribution is 6.16. The molecule has 2 aromatic heterocycles. The molecular weight excluding hydrogens is 404 g/mol. The highest BCUT2D eigenvalue weighted by Crippen LogP contribution is 2.42. The lowest BCUT2D eigenvalue weighted by Crippen LogP contribution is -2.48. The second-order valence-electron chi connectivity index (χ2n) is 7.51. The van der Waals surface area contributed by atoms with E-state index in [1.807, 2.05) is 30.3 Å². The number of benzene rings is 1. The Bertz CT molecular complexity index is 1180. The second-order valence-corrected chi connectivity index (χ2v) is 7.51. The summed E-state index contributed by atoms with van der Waals surface area (Å²) in [5.41, 5.74) is 1.47. The van der Waals surface area contributed by atoms with Crippen LogP contribution in [0.5, 0.6) is 0 Å². The number of hydrogen-bond acceptors (Lipinski definition) is 5. The van der Waals surface area contributed by atoms with E-state index in [1.54, 1.807) is 55.7 Å². The van der Waals surface area contributed by atoms with Gasteiger partial charge in [-0.2, -0.15) is 0 Å². The van der Waals surface area contributed by atoms with Gasteiger partial charge >= 0.3 is 0 Å². The molecule has 0 fully saturated rings. The van der Waals surface area contributed by atoms with Crippen LogP contribution in [0.2, 0.25) is 0 Å². The van der Waals surface area contributed by atoms with Gasteiger partial charge in [0, 0.05) is 29.6 Å². The Hall–Kier alpha value is -4.13. The average molecular weight is 426 g/mol. The van der Waals surface area contributed by atoms with Crippen molar-refractivity contribution in [3.05, 3.63) is 96.0 Å². The number of Topliss-reactive ketones (excluding diaryl/α,β-unsaturated/α-hetero) is 1. The summed E-state index contributed by atoms with van der Waals surface area (Å²) in [5.74, 6) is -2.20. The third-order valence-electron chi connectivity index (χ3n) is 5.48. The van der Waals surface area contributed by atoms with Crippen molar-refractivity contribution in [2.24, 2.45) is 5.92 Å². The summed E-state index contributed by atoms with van der Waals surface area (Å²) in [4.78, 5) is 49.7. The van der Waals surface area contributed by atoms with Gasteiger partial charge in [0.2, 0.25) is 5.91 Å². The number of carbonyl (C=O) groups is 3. The molecule has 4 rings (SSSR count). The van der Waals surface area contributed by atoms with Crippen LogP contribution in [0, 0.1) is 5.92 Å². The SMILES string of the molecule is CC(=O)[C@H]1C(=O)N(c2ccccn2)C(C)=C(C(=O)Nc2ccccn2)[C@@H]1c1ccccc1. The number of pyridine rings is 2. The van der Waals surface area contributed by atoms with Gasteiger partial charge in [0.15, 0.2) is 0 Å². The number of rotatable bonds is 5. The number of nitrogens with zero attached hydrogens (tertiary/aromatic N) is 3. The Kier molecular flexibility index (Phi) is 5.89. The van der Waals surface area contributed by atoms with Gasteiger partial charge in [-0.15, -0.1) is 0 Å². The standard InChI is InChI=1S/C25H22N4O3/c1-16-21(24(31)28-19-12-6-8-14-26-19)23(18-10-4-3-5-11-18)22(17(2)30)25(32)29(16)20-13-7-9-15-27-20/h3-15,22-23H,1-2H3,(H,26,28,31)/t22-,23+/m1/s1. The smallest absolute Gasteiger partial charge is 0.255 e. The zero-order chi connectivity index (χ0) is 22.7. The molecule has 3 aromatic rings. The molecule has 160 valence electrons. The van der Waals surface area contributed by atoms with Crippen molar-refractivity contribution in [2.45, 2.75) is 19.8 Å². The predicted octanol–water partition coefficient (Wildman–Crippen LogP) is 3.72. The van der Waals surface area contributed by atoms with E-state index in [0.717, 1.165) is 0 Å². The maximum Gasteiger partial charge on any atom is 0.255 e. The van der Waals surface area contributed by atoms with Gasteiger partial charge in [0.05, 0.1) is 0 Å². The van der Waals surface area contributed by atoms with Gasteiger partial charge in [-0.1, -0.05) is 42.5 Å². The molecule has 7 nitrogen and oxygen atoms in total. The fourth-order valence-electron chi connectivity index (χ4n) is 4.08. The topological polar surface area (TPSA) is 92.3 Å². The first-order valence-electron chi connectivity index (χ1n) is 10.2. The Morgan fingerprint density at radius 3 is 2.16 bits per heavy atom. The highest BCUT2D eigenvalue weighted by atomic mass is 16.2. The maximum atomic E-state index is 13.6. The Balaban J connectivity index is 1.91. The molecule has 1 aliphatic heterocycles. The summed E-state index contributed by atoms with van der Waals surface area (Å²) >= 11 is 0. The number of ketones is 1. The van der Waals surface area contributed by atoms with Crippen molar-refractivity contribution < 1.29 is 14.4 Å². The summed E-state index contributed by atoms with van der Waals surface area (Å²) in [7, 11) is 0. The molecule has 2 atom stereocenters. The van der Waals surface area contributed by atoms with Crippen molar-refractivity contribution in [1.29, 1.82) is 0 Å². The summed E-state index contributed by atoms with van der Waals surface area (Å²) in [5, 5.41) is 2.81. The quantitative estimate of drug-likeness (QED) is 0.628. The predicted molar refractivity (Wildman–Crippen MR) is 121 cm³/mol. The van der Waals surface area contributed by atoms with Gasteiger partial charge in [0.25, 0.3) is 5.91 Å². The van der Waals surface area contributed by atoms with Crippen LogP contribution in [0.1, 0.15) is 25.3 Å². The van der Waals surface area contributed by atoms with Gasteiger partial charge in [-0.3, -0.25) is 19.3 Å². The van der Waals surface area contributed by atoms with Gasteiger partial charge in [-0.05, 0) is 43.7 Å². The minimum absolute atomic E-state index is 0.319. The lowest BCUT2D eigenvalue weighted by molar-refractivity contribution is -0.132. The van der Waals surface area contributed by atoms with E-state index in [1.165, 1.54) is 11.8 Å². The molecule has 0 spiro atoms. The van der Waals surface area contributed by atoms with E-state index < -0.39 is 23.7 Å². The van der Waals surface area contributed by atoms with Crippen LogP contribution in [0.4, 0.5) is 11.6 Å². The lowest BCUT2D eigenvalue weighted by Gasteiger charge is -2.38. The fourth-order valence-corrected chi connectivity index (χ4v) is 4.08. The highest BCUT2D eigenvalue weighted by Gasteiger charge is 2.47. The van der Waals surface area contributed by atoms with Crippen molar-refractivity contribution in [3.8, 4) is 0 Å². The molecule has 0 aliphatic carbocycles. The molecule has 32 heavy (non-hydrogen) atoms. The first kappa shape index (κ1) is 21.1. The van der Waals surface area contributed by atoms with E-state index in [-0.39, 0.29) is 5.78 Å². The maximum absolute atomic E-state index is 13.6. The van der Waals surface area contributed by atoms with Crippen LogP contribution < -0.4 is 10.2 Å². The van der Waals surface area contributed by atoms with Gasteiger partial charge in [0.1, 0.15) is 23.3 Å². The minimum atomic E-state index is -1.06. The number of allylic oxidation sites excluding steroid dienone is 1. The molecule has 1 N–H and O–H groups in total. The molecule has 2 amide bonds. The summed E-state index contributed by atoms with van der Waals surface area (Å²) < 4.78 is 0. The van der Waals surface area contributed by atoms with E-state index in [9.17, 15) is 14.4 Å². The first-order valence-corrected chi connectivity index (χ1v) is 10.2. The van der Waals surface area contributed by atoms with Gasteiger partial charge in [-0.25, -0.2) is 9.97 Å². The molecule has 0 bridgehead atoms. The van der Waals surface area contributed by atoms with Crippen LogP contribution in [-0.2, 0) is 14.4 Å². The third kappa shape index (κ3) is 3.92. The number of carbonyl (C=O) groups excluding carboxylic acids is 3. The number of nitrogens with one attached hydrogen (secondary N) is 1. The Morgan fingerprint density at radius 2 is 1.56 bits per heavy atom. The zero-order valence-corrected chi connectivity index (χ0v) is 17.7. The van der Waals surface area contributed by atoms with Crippen molar-refractivity contribution in [3.63, 3.8) is 0 Å². The monoisotopic (exact) mass is 426 g/mol. The lowest BCUT2D eigenvalue weighted by atomic mass is 9.74. The molecule has 0 radical (unpaired) electrons. The van der Waals surface area contributed by atoms with Crippen molar-refractivity contribution in [2.75, 3.05) is 10.2 Å². The van der Waals surface area contributed by atoms with Crippen molar-refractivity contribution in [1.82, 2.24) is 9.97 Å². The third-order valence-corrected chi connectivity index (χ3v) is 5.48.